The molecule has 20 heavy (non-hydrogen) atoms. The third kappa shape index (κ3) is 3.13. The summed E-state index contributed by atoms with van der Waals surface area (Å²) in [6.45, 7) is 0. The number of nitrogens with one attached hydrogen (secondary N) is 3. The van der Waals surface area contributed by atoms with Crippen molar-refractivity contribution in [3.8, 4) is 0 Å². The van der Waals surface area contributed by atoms with Gasteiger partial charge in [-0.3, -0.25) is 25.0 Å². The van der Waals surface area contributed by atoms with Crippen LogP contribution in [-0.2, 0) is 9.59 Å². The van der Waals surface area contributed by atoms with E-state index < -0.39 is 16.7 Å². The highest BCUT2D eigenvalue weighted by atomic mass is 16.6. The summed E-state index contributed by atoms with van der Waals surface area (Å²) in [4.78, 5) is 36.5. The Labute approximate surface area is 111 Å². The van der Waals surface area contributed by atoms with E-state index in [0.717, 1.165) is 0 Å². The van der Waals surface area contributed by atoms with Gasteiger partial charge in [-0.1, -0.05) is 0 Å². The smallest absolute Gasteiger partial charge is 0.316 e. The number of carbonyl (C=O) groups excluding carboxylic acids is 2. The van der Waals surface area contributed by atoms with Gasteiger partial charge < -0.3 is 5.32 Å². The first-order valence-electron chi connectivity index (χ1n) is 5.28. The molecule has 0 bridgehead atoms. The lowest BCUT2D eigenvalue weighted by molar-refractivity contribution is -0.384. The summed E-state index contributed by atoms with van der Waals surface area (Å²) in [5, 5.41) is 20.8. The standard InChI is InChI=1S/C10H8N6O4/c17-8(9(18)14-10-11-5-12-15-10)13-6-1-3-7(4-2-6)16(19)20/h1-5H,(H,13,17)(H2,11,12,14,15,18). The first-order chi connectivity index (χ1) is 9.56. The normalized spacial score (nSPS) is 9.80. The van der Waals surface area contributed by atoms with Crippen molar-refractivity contribution in [1.82, 2.24) is 15.2 Å². The summed E-state index contributed by atoms with van der Waals surface area (Å²) in [5.74, 6) is -1.84. The molecule has 0 saturated carbocycles. The second-order valence-electron chi connectivity index (χ2n) is 3.55. The molecule has 0 aliphatic heterocycles. The lowest BCUT2D eigenvalue weighted by atomic mass is 10.3. The summed E-state index contributed by atoms with van der Waals surface area (Å²) in [6, 6.07) is 5.06. The summed E-state index contributed by atoms with van der Waals surface area (Å²) in [5.41, 5.74) is 0.141. The van der Waals surface area contributed by atoms with E-state index in [1.54, 1.807) is 0 Å². The number of carbonyl (C=O) groups is 2. The fourth-order valence-corrected chi connectivity index (χ4v) is 1.28. The van der Waals surface area contributed by atoms with E-state index in [4.69, 9.17) is 0 Å². The number of non-ortho nitro benzene ring substituents is 1. The van der Waals surface area contributed by atoms with Gasteiger partial charge in [0, 0.05) is 17.8 Å². The molecule has 0 unspecified atom stereocenters. The molecule has 1 aromatic heterocycles. The van der Waals surface area contributed by atoms with Crippen molar-refractivity contribution < 1.29 is 14.5 Å². The molecule has 0 radical (unpaired) electrons. The molecule has 1 heterocycles. The Hall–Kier alpha value is -3.30. The monoisotopic (exact) mass is 276 g/mol. The van der Waals surface area contributed by atoms with Crippen molar-refractivity contribution >= 4 is 29.1 Å². The van der Waals surface area contributed by atoms with Crippen molar-refractivity contribution in [2.45, 2.75) is 0 Å². The Morgan fingerprint density at radius 2 is 1.80 bits per heavy atom. The van der Waals surface area contributed by atoms with Crippen LogP contribution in [0.1, 0.15) is 0 Å². The molecule has 2 aromatic rings. The molecule has 1 aromatic carbocycles. The van der Waals surface area contributed by atoms with Crippen LogP contribution in [0, 0.1) is 10.1 Å². The first kappa shape index (κ1) is 13.1. The van der Waals surface area contributed by atoms with Crippen LogP contribution in [0.15, 0.2) is 30.6 Å². The summed E-state index contributed by atoms with van der Waals surface area (Å²) < 4.78 is 0. The zero-order valence-corrected chi connectivity index (χ0v) is 9.86. The van der Waals surface area contributed by atoms with Gasteiger partial charge in [0.05, 0.1) is 4.92 Å². The van der Waals surface area contributed by atoms with Gasteiger partial charge in [-0.15, -0.1) is 0 Å². The van der Waals surface area contributed by atoms with Gasteiger partial charge >= 0.3 is 11.8 Å². The van der Waals surface area contributed by atoms with Crippen molar-refractivity contribution in [2.75, 3.05) is 10.6 Å². The van der Waals surface area contributed by atoms with Gasteiger partial charge in [-0.05, 0) is 12.1 Å². The average molecular weight is 276 g/mol. The number of aromatic amines is 1. The summed E-state index contributed by atoms with van der Waals surface area (Å²) in [7, 11) is 0. The Bertz CT molecular complexity index is 636. The van der Waals surface area contributed by atoms with E-state index in [9.17, 15) is 19.7 Å². The number of nitrogens with zero attached hydrogens (tertiary/aromatic N) is 3. The molecule has 3 N–H and O–H groups in total. The van der Waals surface area contributed by atoms with E-state index in [1.165, 1.54) is 30.6 Å². The number of rotatable bonds is 3. The average Bonchev–Trinajstić information content (AvgIpc) is 2.92. The van der Waals surface area contributed by atoms with Crippen LogP contribution in [-0.4, -0.2) is 31.9 Å². The Morgan fingerprint density at radius 1 is 1.15 bits per heavy atom. The molecule has 0 fully saturated rings. The highest BCUT2D eigenvalue weighted by Gasteiger charge is 2.15. The minimum atomic E-state index is -0.944. The van der Waals surface area contributed by atoms with Crippen LogP contribution in [0.25, 0.3) is 0 Å². The fourth-order valence-electron chi connectivity index (χ4n) is 1.28. The molecule has 0 spiro atoms. The Balaban J connectivity index is 1.97. The quantitative estimate of drug-likeness (QED) is 0.417. The maximum Gasteiger partial charge on any atom is 0.316 e. The van der Waals surface area contributed by atoms with Crippen LogP contribution in [0.3, 0.4) is 0 Å². The van der Waals surface area contributed by atoms with E-state index in [1.807, 2.05) is 0 Å². The Morgan fingerprint density at radius 3 is 2.35 bits per heavy atom. The predicted molar refractivity (Wildman–Crippen MR) is 66.7 cm³/mol. The minimum Gasteiger partial charge on any atom is -0.318 e. The van der Waals surface area contributed by atoms with E-state index in [2.05, 4.69) is 25.8 Å². The molecule has 10 nitrogen and oxygen atoms in total. The maximum absolute atomic E-state index is 11.5. The second-order valence-corrected chi connectivity index (χ2v) is 3.55. The van der Waals surface area contributed by atoms with Crippen molar-refractivity contribution in [1.29, 1.82) is 0 Å². The molecular weight excluding hydrogens is 268 g/mol. The summed E-state index contributed by atoms with van der Waals surface area (Å²) in [6.07, 6.45) is 1.17. The number of hydrogen-bond acceptors (Lipinski definition) is 6. The number of anilines is 2. The minimum absolute atomic E-state index is 0.0360. The molecule has 0 saturated heterocycles. The van der Waals surface area contributed by atoms with Gasteiger partial charge in [0.15, 0.2) is 0 Å². The predicted octanol–water partition coefficient (Wildman–Crippen LogP) is 0.290. The fraction of sp³-hybridized carbons (Fsp3) is 0. The first-order valence-corrected chi connectivity index (χ1v) is 5.28. The van der Waals surface area contributed by atoms with Crippen LogP contribution in [0.2, 0.25) is 0 Å². The van der Waals surface area contributed by atoms with Crippen molar-refractivity contribution in [2.24, 2.45) is 0 Å². The lowest BCUT2D eigenvalue weighted by Crippen LogP contribution is -2.29. The highest BCUT2D eigenvalue weighted by molar-refractivity contribution is 6.43. The maximum atomic E-state index is 11.5. The third-order valence-electron chi connectivity index (χ3n) is 2.19. The lowest BCUT2D eigenvalue weighted by Gasteiger charge is -2.04. The van der Waals surface area contributed by atoms with Gasteiger partial charge in [0.1, 0.15) is 6.33 Å². The van der Waals surface area contributed by atoms with Crippen LogP contribution < -0.4 is 10.6 Å². The highest BCUT2D eigenvalue weighted by Crippen LogP contribution is 2.15. The van der Waals surface area contributed by atoms with Gasteiger partial charge in [0.25, 0.3) is 5.69 Å². The zero-order chi connectivity index (χ0) is 14.5. The van der Waals surface area contributed by atoms with Crippen molar-refractivity contribution in [3.63, 3.8) is 0 Å². The number of H-pyrrole nitrogens is 1. The number of aromatic nitrogens is 3. The van der Waals surface area contributed by atoms with E-state index >= 15 is 0 Å². The second kappa shape index (κ2) is 5.56. The molecular formula is C10H8N6O4. The number of benzene rings is 1. The zero-order valence-electron chi connectivity index (χ0n) is 9.86. The molecule has 0 atom stereocenters. The van der Waals surface area contributed by atoms with Gasteiger partial charge in [-0.2, -0.15) is 10.1 Å². The SMILES string of the molecule is O=C(Nc1ccc([N+](=O)[O-])cc1)C(=O)Nc1ncn[nH]1. The molecule has 10 heteroatoms. The van der Waals surface area contributed by atoms with Crippen molar-refractivity contribution in [3.05, 3.63) is 40.7 Å². The van der Waals surface area contributed by atoms with Gasteiger partial charge in [-0.25, -0.2) is 5.10 Å². The molecule has 0 aliphatic carbocycles. The molecule has 2 rings (SSSR count). The summed E-state index contributed by atoms with van der Waals surface area (Å²) >= 11 is 0. The van der Waals surface area contributed by atoms with E-state index in [0.29, 0.717) is 0 Å². The Kier molecular flexibility index (Phi) is 3.65. The van der Waals surface area contributed by atoms with Crippen LogP contribution in [0.5, 0.6) is 0 Å². The molecule has 0 aliphatic rings. The number of nitro groups is 1. The van der Waals surface area contributed by atoms with Crippen LogP contribution in [0.4, 0.5) is 17.3 Å². The van der Waals surface area contributed by atoms with E-state index in [-0.39, 0.29) is 17.3 Å². The number of nitro benzene ring substituents is 1. The number of hydrogen-bond donors (Lipinski definition) is 3. The largest absolute Gasteiger partial charge is 0.318 e. The molecule has 2 amide bonds. The third-order valence-corrected chi connectivity index (χ3v) is 2.19. The molecule has 102 valence electrons. The van der Waals surface area contributed by atoms with Gasteiger partial charge in [0.2, 0.25) is 5.95 Å². The van der Waals surface area contributed by atoms with Crippen LogP contribution >= 0.6 is 0 Å². The number of amides is 2. The topological polar surface area (TPSA) is 143 Å².